The summed E-state index contributed by atoms with van der Waals surface area (Å²) in [6, 6.07) is 7.00. The molecule has 2 N–H and O–H groups in total. The minimum atomic E-state index is -4.20. The molecular formula is C14H15F3N2O. The Balaban J connectivity index is 1.94. The van der Waals surface area contributed by atoms with Crippen LogP contribution in [0.3, 0.4) is 0 Å². The third-order valence-electron chi connectivity index (χ3n) is 3.01. The van der Waals surface area contributed by atoms with E-state index in [2.05, 4.69) is 10.3 Å². The SMILES string of the molecule is CC(CNC(=O)c1ccc2cc[nH]c2c1)CC(F)(F)F. The van der Waals surface area contributed by atoms with Gasteiger partial charge in [-0.3, -0.25) is 4.79 Å². The Morgan fingerprint density at radius 1 is 1.35 bits per heavy atom. The summed E-state index contributed by atoms with van der Waals surface area (Å²) in [6.45, 7) is 1.46. The van der Waals surface area contributed by atoms with Crippen LogP contribution in [-0.4, -0.2) is 23.6 Å². The van der Waals surface area contributed by atoms with Crippen LogP contribution in [-0.2, 0) is 0 Å². The molecule has 3 nitrogen and oxygen atoms in total. The molecule has 0 saturated carbocycles. The lowest BCUT2D eigenvalue weighted by molar-refractivity contribution is -0.142. The minimum absolute atomic E-state index is 0.00110. The molecule has 1 heterocycles. The number of halogens is 3. The van der Waals surface area contributed by atoms with Crippen LogP contribution >= 0.6 is 0 Å². The van der Waals surface area contributed by atoms with Gasteiger partial charge in [0, 0.05) is 30.2 Å². The van der Waals surface area contributed by atoms with Gasteiger partial charge in [-0.05, 0) is 29.5 Å². The molecule has 108 valence electrons. The fourth-order valence-corrected chi connectivity index (χ4v) is 2.03. The number of rotatable bonds is 4. The second-order valence-corrected chi connectivity index (χ2v) is 4.91. The molecule has 0 saturated heterocycles. The van der Waals surface area contributed by atoms with Crippen LogP contribution in [0.5, 0.6) is 0 Å². The van der Waals surface area contributed by atoms with E-state index in [0.717, 1.165) is 10.9 Å². The van der Waals surface area contributed by atoms with Gasteiger partial charge in [-0.2, -0.15) is 13.2 Å². The topological polar surface area (TPSA) is 44.9 Å². The Hall–Kier alpha value is -1.98. The predicted octanol–water partition coefficient (Wildman–Crippen LogP) is 3.49. The van der Waals surface area contributed by atoms with Gasteiger partial charge in [-0.15, -0.1) is 0 Å². The molecule has 2 rings (SSSR count). The van der Waals surface area contributed by atoms with Crippen molar-refractivity contribution in [3.8, 4) is 0 Å². The molecule has 1 atom stereocenters. The van der Waals surface area contributed by atoms with Crippen LogP contribution in [0.2, 0.25) is 0 Å². The van der Waals surface area contributed by atoms with E-state index in [1.54, 1.807) is 24.4 Å². The van der Waals surface area contributed by atoms with E-state index in [1.807, 2.05) is 6.07 Å². The summed E-state index contributed by atoms with van der Waals surface area (Å²) in [6.07, 6.45) is -3.34. The standard InChI is InChI=1S/C14H15F3N2O/c1-9(7-14(15,16)17)8-19-13(20)11-3-2-10-4-5-18-12(10)6-11/h2-6,9,18H,7-8H2,1H3,(H,19,20). The van der Waals surface area contributed by atoms with Crippen molar-refractivity contribution < 1.29 is 18.0 Å². The summed E-state index contributed by atoms with van der Waals surface area (Å²) in [5.74, 6) is -1.01. The highest BCUT2D eigenvalue weighted by atomic mass is 19.4. The van der Waals surface area contributed by atoms with E-state index in [9.17, 15) is 18.0 Å². The quantitative estimate of drug-likeness (QED) is 0.887. The number of alkyl halides is 3. The molecule has 2 aromatic rings. The summed E-state index contributed by atoms with van der Waals surface area (Å²) >= 11 is 0. The zero-order valence-corrected chi connectivity index (χ0v) is 10.9. The molecular weight excluding hydrogens is 269 g/mol. The number of benzene rings is 1. The van der Waals surface area contributed by atoms with Crippen LogP contribution in [0, 0.1) is 5.92 Å². The third-order valence-corrected chi connectivity index (χ3v) is 3.01. The highest BCUT2D eigenvalue weighted by molar-refractivity contribution is 5.97. The molecule has 1 unspecified atom stereocenters. The summed E-state index contributed by atoms with van der Waals surface area (Å²) in [7, 11) is 0. The number of carbonyl (C=O) groups is 1. The number of carbonyl (C=O) groups excluding carboxylic acids is 1. The molecule has 0 aliphatic rings. The molecule has 1 amide bonds. The summed E-state index contributed by atoms with van der Waals surface area (Å²) < 4.78 is 36.5. The van der Waals surface area contributed by atoms with Gasteiger partial charge >= 0.3 is 6.18 Å². The highest BCUT2D eigenvalue weighted by Crippen LogP contribution is 2.24. The second kappa shape index (κ2) is 5.56. The molecule has 0 spiro atoms. The first-order valence-corrected chi connectivity index (χ1v) is 6.27. The van der Waals surface area contributed by atoms with Gasteiger partial charge in [-0.1, -0.05) is 13.0 Å². The Kier molecular flexibility index (Phi) is 4.01. The van der Waals surface area contributed by atoms with Crippen molar-refractivity contribution in [3.05, 3.63) is 36.0 Å². The minimum Gasteiger partial charge on any atom is -0.361 e. The number of hydrogen-bond donors (Lipinski definition) is 2. The van der Waals surface area contributed by atoms with Crippen molar-refractivity contribution in [2.75, 3.05) is 6.54 Å². The Morgan fingerprint density at radius 2 is 2.10 bits per heavy atom. The summed E-state index contributed by atoms with van der Waals surface area (Å²) in [5.41, 5.74) is 1.25. The fourth-order valence-electron chi connectivity index (χ4n) is 2.03. The van der Waals surface area contributed by atoms with Crippen molar-refractivity contribution in [2.45, 2.75) is 19.5 Å². The number of hydrogen-bond acceptors (Lipinski definition) is 1. The van der Waals surface area contributed by atoms with Crippen molar-refractivity contribution in [3.63, 3.8) is 0 Å². The van der Waals surface area contributed by atoms with E-state index >= 15 is 0 Å². The number of amides is 1. The molecule has 0 bridgehead atoms. The molecule has 20 heavy (non-hydrogen) atoms. The Bertz CT molecular complexity index is 604. The largest absolute Gasteiger partial charge is 0.389 e. The monoisotopic (exact) mass is 284 g/mol. The summed E-state index contributed by atoms with van der Waals surface area (Å²) in [4.78, 5) is 14.9. The number of fused-ring (bicyclic) bond motifs is 1. The second-order valence-electron chi connectivity index (χ2n) is 4.91. The zero-order chi connectivity index (χ0) is 14.8. The van der Waals surface area contributed by atoms with E-state index < -0.39 is 18.5 Å². The van der Waals surface area contributed by atoms with Crippen molar-refractivity contribution in [1.82, 2.24) is 10.3 Å². The molecule has 0 aliphatic heterocycles. The van der Waals surface area contributed by atoms with Gasteiger partial charge in [0.05, 0.1) is 0 Å². The fraction of sp³-hybridized carbons (Fsp3) is 0.357. The van der Waals surface area contributed by atoms with Crippen molar-refractivity contribution in [2.24, 2.45) is 5.92 Å². The molecule has 0 radical (unpaired) electrons. The molecule has 0 fully saturated rings. The van der Waals surface area contributed by atoms with E-state index in [0.29, 0.717) is 5.56 Å². The zero-order valence-electron chi connectivity index (χ0n) is 10.9. The van der Waals surface area contributed by atoms with Crippen LogP contribution in [0.25, 0.3) is 10.9 Å². The Labute approximate surface area is 114 Å². The van der Waals surface area contributed by atoms with Crippen LogP contribution in [0.15, 0.2) is 30.5 Å². The first kappa shape index (κ1) is 14.4. The molecule has 1 aromatic carbocycles. The lowest BCUT2D eigenvalue weighted by Crippen LogP contribution is -2.30. The smallest absolute Gasteiger partial charge is 0.361 e. The van der Waals surface area contributed by atoms with Crippen LogP contribution in [0.1, 0.15) is 23.7 Å². The molecule has 1 aromatic heterocycles. The van der Waals surface area contributed by atoms with Gasteiger partial charge in [0.2, 0.25) is 0 Å². The normalized spacial score (nSPS) is 13.4. The maximum absolute atomic E-state index is 12.2. The first-order valence-electron chi connectivity index (χ1n) is 6.27. The maximum atomic E-state index is 12.2. The third kappa shape index (κ3) is 3.76. The van der Waals surface area contributed by atoms with E-state index in [-0.39, 0.29) is 12.5 Å². The maximum Gasteiger partial charge on any atom is 0.389 e. The van der Waals surface area contributed by atoms with E-state index in [4.69, 9.17) is 0 Å². The number of aromatic amines is 1. The average molecular weight is 284 g/mol. The predicted molar refractivity (Wildman–Crippen MR) is 70.5 cm³/mol. The van der Waals surface area contributed by atoms with Gasteiger partial charge in [0.15, 0.2) is 0 Å². The van der Waals surface area contributed by atoms with Gasteiger partial charge in [0.25, 0.3) is 5.91 Å². The van der Waals surface area contributed by atoms with Crippen molar-refractivity contribution in [1.29, 1.82) is 0 Å². The lowest BCUT2D eigenvalue weighted by Gasteiger charge is -2.14. The van der Waals surface area contributed by atoms with Gasteiger partial charge in [-0.25, -0.2) is 0 Å². The number of nitrogens with one attached hydrogen (secondary N) is 2. The lowest BCUT2D eigenvalue weighted by atomic mass is 10.1. The number of H-pyrrole nitrogens is 1. The first-order chi connectivity index (χ1) is 9.35. The molecule has 6 heteroatoms. The van der Waals surface area contributed by atoms with E-state index in [1.165, 1.54) is 6.92 Å². The molecule has 0 aliphatic carbocycles. The van der Waals surface area contributed by atoms with Gasteiger partial charge in [0.1, 0.15) is 0 Å². The Morgan fingerprint density at radius 3 is 2.80 bits per heavy atom. The van der Waals surface area contributed by atoms with Crippen molar-refractivity contribution >= 4 is 16.8 Å². The highest BCUT2D eigenvalue weighted by Gasteiger charge is 2.29. The summed E-state index contributed by atoms with van der Waals surface area (Å²) in [5, 5.41) is 3.50. The van der Waals surface area contributed by atoms with Gasteiger partial charge < -0.3 is 10.3 Å². The number of aromatic nitrogens is 1. The average Bonchev–Trinajstić information content (AvgIpc) is 2.80. The van der Waals surface area contributed by atoms with Crippen LogP contribution in [0.4, 0.5) is 13.2 Å². The van der Waals surface area contributed by atoms with Crippen LogP contribution < -0.4 is 5.32 Å².